The van der Waals surface area contributed by atoms with Crippen LogP contribution in [0.4, 0.5) is 17.2 Å². The van der Waals surface area contributed by atoms with Crippen LogP contribution < -0.4 is 16.0 Å². The highest BCUT2D eigenvalue weighted by Crippen LogP contribution is 2.34. The van der Waals surface area contributed by atoms with Crippen LogP contribution >= 0.6 is 0 Å². The molecule has 0 aliphatic carbocycles. The van der Waals surface area contributed by atoms with E-state index in [1.54, 1.807) is 30.7 Å². The second-order valence-corrected chi connectivity index (χ2v) is 9.19. The lowest BCUT2D eigenvalue weighted by molar-refractivity contribution is 0.0958. The van der Waals surface area contributed by atoms with E-state index in [1.165, 1.54) is 0 Å². The number of hydrogen-bond acceptors (Lipinski definition) is 9. The number of fused-ring (bicyclic) bond motifs is 1. The molecule has 0 spiro atoms. The van der Waals surface area contributed by atoms with Gasteiger partial charge in [0.15, 0.2) is 0 Å². The molecule has 1 aliphatic rings. The van der Waals surface area contributed by atoms with Gasteiger partial charge < -0.3 is 25.6 Å². The van der Waals surface area contributed by atoms with Crippen molar-refractivity contribution >= 4 is 23.1 Å². The van der Waals surface area contributed by atoms with E-state index in [0.29, 0.717) is 28.5 Å². The van der Waals surface area contributed by atoms with Crippen molar-refractivity contribution in [3.05, 3.63) is 102 Å². The van der Waals surface area contributed by atoms with Crippen LogP contribution in [0, 0.1) is 0 Å². The third kappa shape index (κ3) is 4.92. The summed E-state index contributed by atoms with van der Waals surface area (Å²) in [4.78, 5) is 25.4. The Balaban J connectivity index is 1.36. The first-order chi connectivity index (χ1) is 19.1. The molecule has 1 unspecified atom stereocenters. The van der Waals surface area contributed by atoms with E-state index in [-0.39, 0.29) is 30.5 Å². The third-order valence-corrected chi connectivity index (χ3v) is 6.58. The number of carbonyl (C=O) groups is 1. The van der Waals surface area contributed by atoms with E-state index >= 15 is 0 Å². The number of hydrogen-bond donors (Lipinski definition) is 4. The van der Waals surface area contributed by atoms with Gasteiger partial charge in [0.25, 0.3) is 11.8 Å². The summed E-state index contributed by atoms with van der Waals surface area (Å²) in [5.74, 6) is 1.17. The Morgan fingerprint density at radius 3 is 2.72 bits per heavy atom. The van der Waals surface area contributed by atoms with Gasteiger partial charge in [-0.2, -0.15) is 4.98 Å². The molecule has 2 atom stereocenters. The molecular formula is C29H25N7O3. The van der Waals surface area contributed by atoms with Crippen LogP contribution in [0.3, 0.4) is 0 Å². The Labute approximate surface area is 224 Å². The van der Waals surface area contributed by atoms with Gasteiger partial charge in [-0.25, -0.2) is 4.98 Å². The molecule has 4 heterocycles. The molecule has 39 heavy (non-hydrogen) atoms. The Morgan fingerprint density at radius 1 is 1.05 bits per heavy atom. The summed E-state index contributed by atoms with van der Waals surface area (Å²) in [6.07, 6.45) is 4.99. The molecule has 0 radical (unpaired) electrons. The number of amides is 1. The fraction of sp³-hybridized carbons (Fsp3) is 0.138. The minimum Gasteiger partial charge on any atom is -0.394 e. The summed E-state index contributed by atoms with van der Waals surface area (Å²) in [6, 6.07) is 20.3. The van der Waals surface area contributed by atoms with Crippen molar-refractivity contribution in [3.8, 4) is 22.8 Å². The number of aliphatic hydroxyl groups excluding tert-OH is 1. The number of benzene rings is 2. The number of nitrogens with one attached hydrogen (secondary N) is 3. The third-order valence-electron chi connectivity index (χ3n) is 6.58. The van der Waals surface area contributed by atoms with Crippen molar-refractivity contribution in [1.82, 2.24) is 25.4 Å². The summed E-state index contributed by atoms with van der Waals surface area (Å²) in [5, 5.41) is 24.0. The molecule has 194 valence electrons. The van der Waals surface area contributed by atoms with Gasteiger partial charge in [-0.05, 0) is 48.4 Å². The van der Waals surface area contributed by atoms with Gasteiger partial charge in [-0.15, -0.1) is 0 Å². The number of pyridine rings is 2. The first kappa shape index (κ1) is 24.3. The lowest BCUT2D eigenvalue weighted by Crippen LogP contribution is -2.16. The van der Waals surface area contributed by atoms with Crippen molar-refractivity contribution in [2.24, 2.45) is 0 Å². The van der Waals surface area contributed by atoms with Crippen molar-refractivity contribution in [2.75, 3.05) is 17.2 Å². The topological polar surface area (TPSA) is 138 Å². The van der Waals surface area contributed by atoms with E-state index in [9.17, 15) is 9.90 Å². The monoisotopic (exact) mass is 519 g/mol. The molecule has 0 saturated carbocycles. The molecule has 10 nitrogen and oxygen atoms in total. The first-order valence-corrected chi connectivity index (χ1v) is 12.5. The molecule has 2 aromatic carbocycles. The largest absolute Gasteiger partial charge is 0.394 e. The maximum Gasteiger partial charge on any atom is 0.261 e. The summed E-state index contributed by atoms with van der Waals surface area (Å²) >= 11 is 0. The van der Waals surface area contributed by atoms with E-state index in [0.717, 1.165) is 22.4 Å². The van der Waals surface area contributed by atoms with Crippen LogP contribution in [0.1, 0.15) is 40.5 Å². The van der Waals surface area contributed by atoms with E-state index in [4.69, 9.17) is 4.52 Å². The second kappa shape index (κ2) is 10.3. The lowest BCUT2D eigenvalue weighted by atomic mass is 10.0. The van der Waals surface area contributed by atoms with Crippen LogP contribution in [-0.2, 0) is 0 Å². The smallest absolute Gasteiger partial charge is 0.261 e. The van der Waals surface area contributed by atoms with Gasteiger partial charge in [0.1, 0.15) is 5.82 Å². The van der Waals surface area contributed by atoms with Crippen LogP contribution in [0.2, 0.25) is 0 Å². The maximum atomic E-state index is 12.1. The SMILES string of the molecule is CC1NC(=O)c2ccc(Nc3cc(N[C@H](CO)c4ccccc4)c(-c4nc(-c5cccnc5)no4)cn3)cc21. The van der Waals surface area contributed by atoms with Crippen LogP contribution in [0.5, 0.6) is 0 Å². The van der Waals surface area contributed by atoms with Gasteiger partial charge in [0, 0.05) is 41.5 Å². The van der Waals surface area contributed by atoms with Gasteiger partial charge in [0.2, 0.25) is 5.82 Å². The highest BCUT2D eigenvalue weighted by atomic mass is 16.5. The second-order valence-electron chi connectivity index (χ2n) is 9.19. The first-order valence-electron chi connectivity index (χ1n) is 12.5. The zero-order chi connectivity index (χ0) is 26.8. The van der Waals surface area contributed by atoms with Crippen molar-refractivity contribution in [3.63, 3.8) is 0 Å². The summed E-state index contributed by atoms with van der Waals surface area (Å²) in [7, 11) is 0. The molecule has 1 aliphatic heterocycles. The highest BCUT2D eigenvalue weighted by molar-refractivity contribution is 5.99. The number of aliphatic hydroxyl groups is 1. The number of rotatable bonds is 8. The van der Waals surface area contributed by atoms with E-state index in [1.807, 2.05) is 61.5 Å². The maximum absolute atomic E-state index is 12.1. The lowest BCUT2D eigenvalue weighted by Gasteiger charge is -2.20. The summed E-state index contributed by atoms with van der Waals surface area (Å²) < 4.78 is 5.61. The number of nitrogens with zero attached hydrogens (tertiary/aromatic N) is 4. The summed E-state index contributed by atoms with van der Waals surface area (Å²) in [6.45, 7) is 1.81. The van der Waals surface area contributed by atoms with E-state index < -0.39 is 0 Å². The quantitative estimate of drug-likeness (QED) is 0.226. The average Bonchev–Trinajstić information content (AvgIpc) is 3.57. The zero-order valence-electron chi connectivity index (χ0n) is 21.0. The fourth-order valence-electron chi connectivity index (χ4n) is 4.57. The molecule has 4 N–H and O–H groups in total. The minimum absolute atomic E-state index is 0.0652. The Morgan fingerprint density at radius 2 is 1.92 bits per heavy atom. The van der Waals surface area contributed by atoms with Crippen LogP contribution in [-0.4, -0.2) is 37.7 Å². The number of carbonyl (C=O) groups excluding carboxylic acids is 1. The predicted molar refractivity (Wildman–Crippen MR) is 146 cm³/mol. The van der Waals surface area contributed by atoms with Gasteiger partial charge in [-0.1, -0.05) is 35.5 Å². The number of anilines is 3. The molecule has 1 amide bonds. The van der Waals surface area contributed by atoms with Gasteiger partial charge in [-0.3, -0.25) is 9.78 Å². The fourth-order valence-corrected chi connectivity index (χ4v) is 4.57. The molecule has 10 heteroatoms. The van der Waals surface area contributed by atoms with Crippen molar-refractivity contribution < 1.29 is 14.4 Å². The molecule has 0 saturated heterocycles. The van der Waals surface area contributed by atoms with Gasteiger partial charge in [0.05, 0.1) is 29.9 Å². The molecule has 3 aromatic heterocycles. The average molecular weight is 520 g/mol. The Kier molecular flexibility index (Phi) is 6.44. The number of aromatic nitrogens is 4. The molecule has 5 aromatic rings. The highest BCUT2D eigenvalue weighted by Gasteiger charge is 2.25. The summed E-state index contributed by atoms with van der Waals surface area (Å²) in [5.41, 5.74) is 5.26. The molecule has 0 fully saturated rings. The van der Waals surface area contributed by atoms with Gasteiger partial charge >= 0.3 is 0 Å². The van der Waals surface area contributed by atoms with Crippen LogP contribution in [0.15, 0.2) is 89.8 Å². The predicted octanol–water partition coefficient (Wildman–Crippen LogP) is 4.89. The molecule has 6 rings (SSSR count). The standard InChI is InChI=1S/C29H25N7O3/c1-17-22-12-20(9-10-21(22)28(38)32-17)33-26-13-24(34-25(16-37)18-6-3-2-4-7-18)23(15-31-26)29-35-27(36-39-29)19-8-5-11-30-14-19/h2-15,17,25,37H,16H2,1H3,(H,32,38)(H2,31,33,34)/t17?,25-/m1/s1. The van der Waals surface area contributed by atoms with Crippen molar-refractivity contribution in [2.45, 2.75) is 19.0 Å². The zero-order valence-corrected chi connectivity index (χ0v) is 21.0. The van der Waals surface area contributed by atoms with Crippen molar-refractivity contribution in [1.29, 1.82) is 0 Å². The minimum atomic E-state index is -0.390. The van der Waals surface area contributed by atoms with E-state index in [2.05, 4.69) is 36.1 Å². The Hall–Kier alpha value is -5.09. The van der Waals surface area contributed by atoms with Crippen LogP contribution in [0.25, 0.3) is 22.8 Å². The Bertz CT molecular complexity index is 1620. The normalized spacial score (nSPS) is 14.9. The molecule has 0 bridgehead atoms. The molecular weight excluding hydrogens is 494 g/mol.